The van der Waals surface area contributed by atoms with E-state index in [1.165, 1.54) is 0 Å². The van der Waals surface area contributed by atoms with Gasteiger partial charge in [0.25, 0.3) is 0 Å². The molecule has 2 rings (SSSR count). The molecule has 0 unspecified atom stereocenters. The number of carboxylic acids is 1. The fraction of sp³-hybridized carbons (Fsp3) is 0.188. The highest BCUT2D eigenvalue weighted by molar-refractivity contribution is 6.42. The van der Waals surface area contributed by atoms with Crippen molar-refractivity contribution in [3.8, 4) is 0 Å². The van der Waals surface area contributed by atoms with E-state index in [1.54, 1.807) is 6.07 Å². The number of aliphatic carboxylic acids is 1. The SMILES string of the molecule is O=C(O)CCN(Cc1cccc(Cl)c1Cl)c1ccccc1. The van der Waals surface area contributed by atoms with Crippen LogP contribution in [0.1, 0.15) is 12.0 Å². The van der Waals surface area contributed by atoms with Gasteiger partial charge in [-0.05, 0) is 23.8 Å². The van der Waals surface area contributed by atoms with Crippen LogP contribution in [-0.2, 0) is 11.3 Å². The predicted octanol–water partition coefficient (Wildman–Crippen LogP) is 4.47. The number of rotatable bonds is 6. The number of carbonyl (C=O) groups is 1. The lowest BCUT2D eigenvalue weighted by molar-refractivity contribution is -0.136. The third kappa shape index (κ3) is 4.38. The van der Waals surface area contributed by atoms with Gasteiger partial charge in [-0.2, -0.15) is 0 Å². The number of hydrogen-bond donors (Lipinski definition) is 1. The molecule has 0 bridgehead atoms. The molecule has 0 heterocycles. The first-order chi connectivity index (χ1) is 10.1. The zero-order chi connectivity index (χ0) is 15.2. The monoisotopic (exact) mass is 323 g/mol. The van der Waals surface area contributed by atoms with Gasteiger partial charge in [-0.25, -0.2) is 0 Å². The maximum Gasteiger partial charge on any atom is 0.305 e. The summed E-state index contributed by atoms with van der Waals surface area (Å²) in [6, 6.07) is 15.1. The van der Waals surface area contributed by atoms with Gasteiger partial charge in [0, 0.05) is 18.8 Å². The van der Waals surface area contributed by atoms with Crippen LogP contribution >= 0.6 is 23.2 Å². The minimum Gasteiger partial charge on any atom is -0.481 e. The van der Waals surface area contributed by atoms with Crippen LogP contribution < -0.4 is 4.90 Å². The summed E-state index contributed by atoms with van der Waals surface area (Å²) in [7, 11) is 0. The Balaban J connectivity index is 2.23. The highest BCUT2D eigenvalue weighted by atomic mass is 35.5. The zero-order valence-electron chi connectivity index (χ0n) is 11.3. The Kier molecular flexibility index (Phi) is 5.48. The minimum atomic E-state index is -0.826. The average Bonchev–Trinajstić information content (AvgIpc) is 2.48. The van der Waals surface area contributed by atoms with E-state index >= 15 is 0 Å². The molecule has 110 valence electrons. The number of nitrogens with zero attached hydrogens (tertiary/aromatic N) is 1. The lowest BCUT2D eigenvalue weighted by atomic mass is 10.2. The van der Waals surface area contributed by atoms with E-state index in [1.807, 2.05) is 47.4 Å². The molecule has 0 aromatic heterocycles. The molecular weight excluding hydrogens is 309 g/mol. The Morgan fingerprint density at radius 2 is 1.76 bits per heavy atom. The minimum absolute atomic E-state index is 0.0626. The summed E-state index contributed by atoms with van der Waals surface area (Å²) in [5.74, 6) is -0.826. The summed E-state index contributed by atoms with van der Waals surface area (Å²) in [5.41, 5.74) is 1.83. The second kappa shape index (κ2) is 7.34. The summed E-state index contributed by atoms with van der Waals surface area (Å²) in [6.45, 7) is 0.916. The van der Waals surface area contributed by atoms with Crippen LogP contribution in [-0.4, -0.2) is 17.6 Å². The standard InChI is InChI=1S/C16H15Cl2NO2/c17-14-8-4-5-12(16(14)18)11-19(10-9-15(20)21)13-6-2-1-3-7-13/h1-8H,9-11H2,(H,20,21). The van der Waals surface area contributed by atoms with Crippen LogP contribution in [0.5, 0.6) is 0 Å². The van der Waals surface area contributed by atoms with Gasteiger partial charge in [-0.3, -0.25) is 4.79 Å². The Labute approximate surface area is 133 Å². The molecule has 0 atom stereocenters. The quantitative estimate of drug-likeness (QED) is 0.852. The van der Waals surface area contributed by atoms with Gasteiger partial charge in [-0.1, -0.05) is 53.5 Å². The lowest BCUT2D eigenvalue weighted by Crippen LogP contribution is -2.25. The third-order valence-corrected chi connectivity index (χ3v) is 3.97. The van der Waals surface area contributed by atoms with Gasteiger partial charge >= 0.3 is 5.97 Å². The number of hydrogen-bond acceptors (Lipinski definition) is 2. The summed E-state index contributed by atoms with van der Waals surface area (Å²) in [4.78, 5) is 12.8. The molecule has 0 spiro atoms. The average molecular weight is 324 g/mol. The normalized spacial score (nSPS) is 10.4. The first-order valence-corrected chi connectivity index (χ1v) is 7.28. The molecule has 0 saturated carbocycles. The molecule has 21 heavy (non-hydrogen) atoms. The van der Waals surface area contributed by atoms with E-state index in [0.29, 0.717) is 23.1 Å². The van der Waals surface area contributed by atoms with Crippen molar-refractivity contribution in [3.63, 3.8) is 0 Å². The Morgan fingerprint density at radius 3 is 2.43 bits per heavy atom. The van der Waals surface area contributed by atoms with Gasteiger partial charge in [0.2, 0.25) is 0 Å². The molecule has 0 radical (unpaired) electrons. The summed E-state index contributed by atoms with van der Waals surface area (Å²) in [6.07, 6.45) is 0.0626. The second-order valence-corrected chi connectivity index (χ2v) is 5.40. The van der Waals surface area contributed by atoms with Crippen molar-refractivity contribution in [2.24, 2.45) is 0 Å². The number of halogens is 2. The molecule has 3 nitrogen and oxygen atoms in total. The van der Waals surface area contributed by atoms with E-state index in [9.17, 15) is 4.79 Å². The topological polar surface area (TPSA) is 40.5 Å². The van der Waals surface area contributed by atoms with Gasteiger partial charge in [0.1, 0.15) is 0 Å². The largest absolute Gasteiger partial charge is 0.481 e. The summed E-state index contributed by atoms with van der Waals surface area (Å²) >= 11 is 12.2. The van der Waals surface area contributed by atoms with Gasteiger partial charge < -0.3 is 10.0 Å². The predicted molar refractivity (Wildman–Crippen MR) is 86.2 cm³/mol. The van der Waals surface area contributed by atoms with Crippen molar-refractivity contribution in [2.45, 2.75) is 13.0 Å². The van der Waals surface area contributed by atoms with Crippen molar-refractivity contribution < 1.29 is 9.90 Å². The number of para-hydroxylation sites is 1. The smallest absolute Gasteiger partial charge is 0.305 e. The first-order valence-electron chi connectivity index (χ1n) is 6.52. The highest BCUT2D eigenvalue weighted by Gasteiger charge is 2.12. The molecule has 0 amide bonds. The highest BCUT2D eigenvalue weighted by Crippen LogP contribution is 2.28. The van der Waals surface area contributed by atoms with Gasteiger partial charge in [0.15, 0.2) is 0 Å². The van der Waals surface area contributed by atoms with E-state index in [4.69, 9.17) is 28.3 Å². The van der Waals surface area contributed by atoms with Gasteiger partial charge in [-0.15, -0.1) is 0 Å². The number of carboxylic acid groups (broad SMARTS) is 1. The van der Waals surface area contributed by atoms with Crippen molar-refractivity contribution in [1.29, 1.82) is 0 Å². The Bertz CT molecular complexity index is 617. The van der Waals surface area contributed by atoms with E-state index in [0.717, 1.165) is 11.3 Å². The Morgan fingerprint density at radius 1 is 1.05 bits per heavy atom. The van der Waals surface area contributed by atoms with E-state index in [2.05, 4.69) is 0 Å². The molecule has 2 aromatic rings. The lowest BCUT2D eigenvalue weighted by Gasteiger charge is -2.25. The van der Waals surface area contributed by atoms with Crippen molar-refractivity contribution in [1.82, 2.24) is 0 Å². The summed E-state index contributed by atoms with van der Waals surface area (Å²) in [5, 5.41) is 9.91. The fourth-order valence-electron chi connectivity index (χ4n) is 2.05. The molecule has 1 N–H and O–H groups in total. The van der Waals surface area contributed by atoms with Crippen molar-refractivity contribution in [3.05, 3.63) is 64.1 Å². The maximum absolute atomic E-state index is 10.8. The van der Waals surface area contributed by atoms with Crippen LogP contribution in [0.25, 0.3) is 0 Å². The van der Waals surface area contributed by atoms with Crippen molar-refractivity contribution >= 4 is 34.9 Å². The van der Waals surface area contributed by atoms with Crippen LogP contribution in [0, 0.1) is 0 Å². The molecule has 0 aliphatic carbocycles. The molecule has 5 heteroatoms. The van der Waals surface area contributed by atoms with Crippen LogP contribution in [0.2, 0.25) is 10.0 Å². The van der Waals surface area contributed by atoms with Crippen molar-refractivity contribution in [2.75, 3.05) is 11.4 Å². The van der Waals surface area contributed by atoms with E-state index < -0.39 is 5.97 Å². The summed E-state index contributed by atoms with van der Waals surface area (Å²) < 4.78 is 0. The number of benzene rings is 2. The van der Waals surface area contributed by atoms with E-state index in [-0.39, 0.29) is 6.42 Å². The molecular formula is C16H15Cl2NO2. The molecule has 0 aliphatic rings. The van der Waals surface area contributed by atoms with Crippen LogP contribution in [0.3, 0.4) is 0 Å². The van der Waals surface area contributed by atoms with Gasteiger partial charge in [0.05, 0.1) is 16.5 Å². The molecule has 0 saturated heterocycles. The first kappa shape index (κ1) is 15.7. The molecule has 0 fully saturated rings. The molecule has 2 aromatic carbocycles. The second-order valence-electron chi connectivity index (χ2n) is 4.61. The van der Waals surface area contributed by atoms with Crippen LogP contribution in [0.15, 0.2) is 48.5 Å². The molecule has 0 aliphatic heterocycles. The number of anilines is 1. The Hall–Kier alpha value is -1.71. The third-order valence-electron chi connectivity index (χ3n) is 3.11. The maximum atomic E-state index is 10.8. The zero-order valence-corrected chi connectivity index (χ0v) is 12.8. The van der Waals surface area contributed by atoms with Crippen LogP contribution in [0.4, 0.5) is 5.69 Å². The fourth-order valence-corrected chi connectivity index (χ4v) is 2.42.